The van der Waals surface area contributed by atoms with Crippen molar-refractivity contribution in [3.63, 3.8) is 0 Å². The molecular weight excluding hydrogens is 379 g/mol. The van der Waals surface area contributed by atoms with Gasteiger partial charge in [-0.2, -0.15) is 0 Å². The van der Waals surface area contributed by atoms with Crippen molar-refractivity contribution >= 4 is 27.5 Å². The lowest BCUT2D eigenvalue weighted by molar-refractivity contribution is 0.0949. The molecule has 2 aromatic rings. The molecule has 0 saturated carbocycles. The summed E-state index contributed by atoms with van der Waals surface area (Å²) in [7, 11) is -3.59. The molecule has 0 unspecified atom stereocenters. The monoisotopic (exact) mass is 398 g/mol. The zero-order valence-electron chi connectivity index (χ0n) is 14.5. The Morgan fingerprint density at radius 2 is 1.73 bits per heavy atom. The Balaban J connectivity index is 1.85. The smallest absolute Gasteiger partial charge is 0.255 e. The minimum absolute atomic E-state index is 0.0718. The van der Waals surface area contributed by atoms with E-state index >= 15 is 0 Å². The summed E-state index contributed by atoms with van der Waals surface area (Å²) in [5.74, 6) is -1.32. The topological polar surface area (TPSA) is 75.3 Å². The first-order chi connectivity index (χ1) is 12.2. The zero-order valence-corrected chi connectivity index (χ0v) is 16.0. The number of halogens is 2. The molecule has 2 rings (SSSR count). The third kappa shape index (κ3) is 5.03. The van der Waals surface area contributed by atoms with Crippen LogP contribution in [0.4, 0.5) is 4.39 Å². The lowest BCUT2D eigenvalue weighted by atomic mass is 10.1. The normalized spacial score (nSPS) is 11.4. The summed E-state index contributed by atoms with van der Waals surface area (Å²) >= 11 is 5.98. The number of hydrogen-bond acceptors (Lipinski definition) is 3. The summed E-state index contributed by atoms with van der Waals surface area (Å²) in [5.41, 5.74) is 1.37. The van der Waals surface area contributed by atoms with E-state index < -0.39 is 21.7 Å². The maximum Gasteiger partial charge on any atom is 0.255 e. The number of carbonyl (C=O) groups is 1. The quantitative estimate of drug-likeness (QED) is 0.703. The Hall–Kier alpha value is -1.96. The van der Waals surface area contributed by atoms with Gasteiger partial charge in [-0.25, -0.2) is 17.5 Å². The fourth-order valence-corrected chi connectivity index (χ4v) is 3.56. The van der Waals surface area contributed by atoms with E-state index in [2.05, 4.69) is 10.0 Å². The van der Waals surface area contributed by atoms with Crippen molar-refractivity contribution in [3.05, 3.63) is 63.9 Å². The van der Waals surface area contributed by atoms with Crippen molar-refractivity contribution in [3.8, 4) is 0 Å². The predicted octanol–water partition coefficient (Wildman–Crippen LogP) is 3.19. The van der Waals surface area contributed by atoms with Gasteiger partial charge in [-0.15, -0.1) is 0 Å². The third-order valence-electron chi connectivity index (χ3n) is 3.77. The van der Waals surface area contributed by atoms with Gasteiger partial charge in [0.1, 0.15) is 5.82 Å². The number of aryl methyl sites for hydroxylation is 2. The van der Waals surface area contributed by atoms with E-state index in [0.29, 0.717) is 12.0 Å². The molecule has 0 saturated heterocycles. The zero-order chi connectivity index (χ0) is 19.3. The van der Waals surface area contributed by atoms with Gasteiger partial charge in [-0.05, 0) is 44.0 Å². The number of rotatable bonds is 7. The summed E-state index contributed by atoms with van der Waals surface area (Å²) in [6.07, 6.45) is 0.349. The van der Waals surface area contributed by atoms with Gasteiger partial charge in [0.15, 0.2) is 0 Å². The summed E-state index contributed by atoms with van der Waals surface area (Å²) in [5, 5.41) is 2.61. The van der Waals surface area contributed by atoms with Crippen LogP contribution in [-0.2, 0) is 10.0 Å². The van der Waals surface area contributed by atoms with Crippen molar-refractivity contribution in [2.45, 2.75) is 25.2 Å². The SMILES string of the molecule is Cc1ccc(S(=O)(=O)NCCCNC(=O)c2c(F)ccc(C)c2Cl)cc1. The van der Waals surface area contributed by atoms with Crippen LogP contribution in [0, 0.1) is 19.7 Å². The largest absolute Gasteiger partial charge is 0.352 e. The number of carbonyl (C=O) groups excluding carboxylic acids is 1. The molecule has 2 N–H and O–H groups in total. The van der Waals surface area contributed by atoms with Gasteiger partial charge in [0, 0.05) is 13.1 Å². The number of benzene rings is 2. The number of sulfonamides is 1. The second-order valence-electron chi connectivity index (χ2n) is 5.87. The maximum atomic E-state index is 13.8. The average Bonchev–Trinajstić information content (AvgIpc) is 2.58. The molecule has 2 aromatic carbocycles. The Morgan fingerprint density at radius 1 is 1.08 bits per heavy atom. The molecule has 5 nitrogen and oxygen atoms in total. The van der Waals surface area contributed by atoms with Gasteiger partial charge in [0.05, 0.1) is 15.5 Å². The van der Waals surface area contributed by atoms with Crippen LogP contribution in [-0.4, -0.2) is 27.4 Å². The second kappa shape index (κ2) is 8.62. The predicted molar refractivity (Wildman–Crippen MR) is 99.5 cm³/mol. The molecule has 0 spiro atoms. The van der Waals surface area contributed by atoms with Crippen molar-refractivity contribution < 1.29 is 17.6 Å². The van der Waals surface area contributed by atoms with E-state index in [9.17, 15) is 17.6 Å². The van der Waals surface area contributed by atoms with E-state index in [-0.39, 0.29) is 28.6 Å². The van der Waals surface area contributed by atoms with E-state index in [1.54, 1.807) is 19.1 Å². The van der Waals surface area contributed by atoms with Crippen LogP contribution in [0.1, 0.15) is 27.9 Å². The highest BCUT2D eigenvalue weighted by molar-refractivity contribution is 7.89. The van der Waals surface area contributed by atoms with Crippen LogP contribution in [0.3, 0.4) is 0 Å². The van der Waals surface area contributed by atoms with Crippen LogP contribution in [0.15, 0.2) is 41.3 Å². The molecule has 140 valence electrons. The highest BCUT2D eigenvalue weighted by Gasteiger charge is 2.17. The van der Waals surface area contributed by atoms with Crippen LogP contribution in [0.2, 0.25) is 5.02 Å². The third-order valence-corrected chi connectivity index (χ3v) is 5.74. The lowest BCUT2D eigenvalue weighted by Gasteiger charge is -2.10. The minimum atomic E-state index is -3.59. The summed E-state index contributed by atoms with van der Waals surface area (Å²) in [6, 6.07) is 9.17. The van der Waals surface area contributed by atoms with Crippen LogP contribution < -0.4 is 10.0 Å². The molecule has 0 fully saturated rings. The maximum absolute atomic E-state index is 13.8. The Morgan fingerprint density at radius 3 is 2.38 bits per heavy atom. The van der Waals surface area contributed by atoms with Crippen LogP contribution in [0.5, 0.6) is 0 Å². The van der Waals surface area contributed by atoms with Gasteiger partial charge in [0.2, 0.25) is 10.0 Å². The van der Waals surface area contributed by atoms with Crippen LogP contribution >= 0.6 is 11.6 Å². The molecule has 26 heavy (non-hydrogen) atoms. The first-order valence-corrected chi connectivity index (χ1v) is 9.87. The Kier molecular flexibility index (Phi) is 6.75. The van der Waals surface area contributed by atoms with Gasteiger partial charge in [0.25, 0.3) is 5.91 Å². The molecule has 0 heterocycles. The van der Waals surface area contributed by atoms with Crippen molar-refractivity contribution in [2.24, 2.45) is 0 Å². The molecule has 0 aliphatic rings. The molecular formula is C18H20ClFN2O3S. The van der Waals surface area contributed by atoms with Gasteiger partial charge >= 0.3 is 0 Å². The van der Waals surface area contributed by atoms with Crippen molar-refractivity contribution in [2.75, 3.05) is 13.1 Å². The molecule has 0 aliphatic carbocycles. The molecule has 0 aliphatic heterocycles. The standard InChI is InChI=1S/C18H20ClFN2O3S/c1-12-4-7-14(8-5-12)26(24,25)22-11-3-10-21-18(23)16-15(20)9-6-13(2)17(16)19/h4-9,22H,3,10-11H2,1-2H3,(H,21,23). The summed E-state index contributed by atoms with van der Waals surface area (Å²) in [6.45, 7) is 3.87. The molecule has 0 radical (unpaired) electrons. The summed E-state index contributed by atoms with van der Waals surface area (Å²) < 4.78 is 40.5. The highest BCUT2D eigenvalue weighted by atomic mass is 35.5. The van der Waals surface area contributed by atoms with E-state index in [1.165, 1.54) is 24.3 Å². The number of nitrogens with one attached hydrogen (secondary N) is 2. The first kappa shape index (κ1) is 20.4. The minimum Gasteiger partial charge on any atom is -0.352 e. The lowest BCUT2D eigenvalue weighted by Crippen LogP contribution is -2.30. The average molecular weight is 399 g/mol. The van der Waals surface area contributed by atoms with Crippen molar-refractivity contribution in [1.29, 1.82) is 0 Å². The van der Waals surface area contributed by atoms with E-state index in [1.807, 2.05) is 6.92 Å². The molecule has 0 bridgehead atoms. The highest BCUT2D eigenvalue weighted by Crippen LogP contribution is 2.23. The second-order valence-corrected chi connectivity index (χ2v) is 8.02. The molecule has 0 atom stereocenters. The molecule has 0 aromatic heterocycles. The first-order valence-electron chi connectivity index (χ1n) is 8.01. The number of hydrogen-bond donors (Lipinski definition) is 2. The van der Waals surface area contributed by atoms with Gasteiger partial charge in [-0.1, -0.05) is 35.4 Å². The summed E-state index contributed by atoms with van der Waals surface area (Å²) in [4.78, 5) is 12.3. The van der Waals surface area contributed by atoms with Gasteiger partial charge < -0.3 is 5.32 Å². The van der Waals surface area contributed by atoms with E-state index in [4.69, 9.17) is 11.6 Å². The molecule has 8 heteroatoms. The Bertz CT molecular complexity index is 899. The molecule has 1 amide bonds. The number of amides is 1. The Labute approximate surface area is 157 Å². The van der Waals surface area contributed by atoms with Crippen molar-refractivity contribution in [1.82, 2.24) is 10.0 Å². The van der Waals surface area contributed by atoms with Gasteiger partial charge in [-0.3, -0.25) is 4.79 Å². The van der Waals surface area contributed by atoms with E-state index in [0.717, 1.165) is 5.56 Å². The fourth-order valence-electron chi connectivity index (χ4n) is 2.25. The van der Waals surface area contributed by atoms with Crippen LogP contribution in [0.25, 0.3) is 0 Å². The fraction of sp³-hybridized carbons (Fsp3) is 0.278.